The number of hydrogen-bond donors (Lipinski definition) is 2. The van der Waals surface area contributed by atoms with E-state index in [1.54, 1.807) is 0 Å². The van der Waals surface area contributed by atoms with Gasteiger partial charge in [-0.15, -0.1) is 0 Å². The second-order valence-electron chi connectivity index (χ2n) is 8.85. The Hall–Kier alpha value is -0.940. The van der Waals surface area contributed by atoms with Gasteiger partial charge in [0.2, 0.25) is 0 Å². The van der Waals surface area contributed by atoms with E-state index < -0.39 is 0 Å². The summed E-state index contributed by atoms with van der Waals surface area (Å²) in [5.41, 5.74) is 8.30. The average Bonchev–Trinajstić information content (AvgIpc) is 3.31. The number of likely N-dealkylation sites (tertiary alicyclic amines) is 2. The van der Waals surface area contributed by atoms with E-state index >= 15 is 0 Å². The molecule has 0 saturated carbocycles. The standard InChI is InChI=1S/C22H36N4/c1-18-15-22(24-23-18)17-26-14-10-21(16-26)20-8-12-25(13-9-20)11-7-19-5-3-2-4-6-19/h2-6,18,20-24H,7-17H2,1H3. The van der Waals surface area contributed by atoms with E-state index in [1.165, 1.54) is 76.9 Å². The molecule has 0 bridgehead atoms. The summed E-state index contributed by atoms with van der Waals surface area (Å²) in [6.45, 7) is 9.98. The van der Waals surface area contributed by atoms with Gasteiger partial charge in [-0.1, -0.05) is 30.3 Å². The first-order valence-electron chi connectivity index (χ1n) is 10.8. The second-order valence-corrected chi connectivity index (χ2v) is 8.85. The highest BCUT2D eigenvalue weighted by molar-refractivity contribution is 5.14. The van der Waals surface area contributed by atoms with Crippen molar-refractivity contribution in [3.05, 3.63) is 35.9 Å². The maximum absolute atomic E-state index is 3.46. The molecular weight excluding hydrogens is 320 g/mol. The van der Waals surface area contributed by atoms with Crippen LogP contribution in [0.4, 0.5) is 0 Å². The molecular formula is C22H36N4. The van der Waals surface area contributed by atoms with Crippen LogP contribution in [0, 0.1) is 11.8 Å². The molecule has 0 aromatic heterocycles. The van der Waals surface area contributed by atoms with Crippen molar-refractivity contribution in [2.75, 3.05) is 39.3 Å². The summed E-state index contributed by atoms with van der Waals surface area (Å²) in [5, 5.41) is 0. The minimum Gasteiger partial charge on any atom is -0.303 e. The lowest BCUT2D eigenvalue weighted by Crippen LogP contribution is -2.41. The van der Waals surface area contributed by atoms with Gasteiger partial charge >= 0.3 is 0 Å². The van der Waals surface area contributed by atoms with Gasteiger partial charge in [-0.25, -0.2) is 0 Å². The van der Waals surface area contributed by atoms with Crippen LogP contribution in [-0.2, 0) is 6.42 Å². The molecule has 3 aliphatic heterocycles. The van der Waals surface area contributed by atoms with Crippen LogP contribution < -0.4 is 10.9 Å². The third-order valence-electron chi connectivity index (χ3n) is 6.82. The Morgan fingerprint density at radius 3 is 2.38 bits per heavy atom. The second kappa shape index (κ2) is 8.83. The molecule has 1 aromatic rings. The summed E-state index contributed by atoms with van der Waals surface area (Å²) < 4.78 is 0. The molecule has 3 atom stereocenters. The Labute approximate surface area is 159 Å². The molecule has 26 heavy (non-hydrogen) atoms. The van der Waals surface area contributed by atoms with Gasteiger partial charge < -0.3 is 9.80 Å². The first kappa shape index (κ1) is 18.4. The van der Waals surface area contributed by atoms with Crippen LogP contribution in [0.2, 0.25) is 0 Å². The minimum absolute atomic E-state index is 0.624. The summed E-state index contributed by atoms with van der Waals surface area (Å²) in [5.74, 6) is 1.90. The van der Waals surface area contributed by atoms with Crippen molar-refractivity contribution in [3.8, 4) is 0 Å². The number of piperidine rings is 1. The van der Waals surface area contributed by atoms with E-state index in [2.05, 4.69) is 57.9 Å². The van der Waals surface area contributed by atoms with Crippen LogP contribution in [0.5, 0.6) is 0 Å². The van der Waals surface area contributed by atoms with Crippen molar-refractivity contribution in [1.82, 2.24) is 20.7 Å². The molecule has 4 heteroatoms. The first-order valence-corrected chi connectivity index (χ1v) is 10.8. The van der Waals surface area contributed by atoms with Crippen molar-refractivity contribution in [2.45, 2.75) is 51.1 Å². The lowest BCUT2D eigenvalue weighted by Gasteiger charge is -2.35. The van der Waals surface area contributed by atoms with Crippen molar-refractivity contribution in [2.24, 2.45) is 11.8 Å². The highest BCUT2D eigenvalue weighted by Gasteiger charge is 2.33. The number of benzene rings is 1. The van der Waals surface area contributed by atoms with Gasteiger partial charge in [0.25, 0.3) is 0 Å². The van der Waals surface area contributed by atoms with Gasteiger partial charge in [-0.05, 0) is 76.1 Å². The molecule has 3 aliphatic rings. The van der Waals surface area contributed by atoms with Crippen LogP contribution in [0.15, 0.2) is 30.3 Å². The summed E-state index contributed by atoms with van der Waals surface area (Å²) >= 11 is 0. The van der Waals surface area contributed by atoms with Gasteiger partial charge in [0.05, 0.1) is 0 Å². The fraction of sp³-hybridized carbons (Fsp3) is 0.727. The third-order valence-corrected chi connectivity index (χ3v) is 6.82. The molecule has 3 fully saturated rings. The first-order chi connectivity index (χ1) is 12.8. The third kappa shape index (κ3) is 4.86. The molecule has 2 N–H and O–H groups in total. The fourth-order valence-corrected chi connectivity index (χ4v) is 5.23. The lowest BCUT2D eigenvalue weighted by molar-refractivity contribution is 0.147. The normalized spacial score (nSPS) is 31.7. The van der Waals surface area contributed by atoms with Crippen LogP contribution in [0.25, 0.3) is 0 Å². The Kier molecular flexibility index (Phi) is 6.26. The Bertz CT molecular complexity index is 540. The Morgan fingerprint density at radius 2 is 1.65 bits per heavy atom. The van der Waals surface area contributed by atoms with E-state index in [4.69, 9.17) is 0 Å². The molecule has 1 aromatic carbocycles. The highest BCUT2D eigenvalue weighted by Crippen LogP contribution is 2.32. The van der Waals surface area contributed by atoms with E-state index in [9.17, 15) is 0 Å². The number of hydrogen-bond acceptors (Lipinski definition) is 4. The quantitative estimate of drug-likeness (QED) is 0.820. The molecule has 144 valence electrons. The van der Waals surface area contributed by atoms with Crippen molar-refractivity contribution in [3.63, 3.8) is 0 Å². The van der Waals surface area contributed by atoms with Crippen LogP contribution in [0.3, 0.4) is 0 Å². The van der Waals surface area contributed by atoms with Gasteiger partial charge in [-0.2, -0.15) is 0 Å². The van der Waals surface area contributed by atoms with Gasteiger partial charge in [-0.3, -0.25) is 10.9 Å². The van der Waals surface area contributed by atoms with Crippen molar-refractivity contribution < 1.29 is 0 Å². The van der Waals surface area contributed by atoms with E-state index in [0.717, 1.165) is 11.8 Å². The van der Waals surface area contributed by atoms with Gasteiger partial charge in [0, 0.05) is 31.7 Å². The zero-order valence-electron chi connectivity index (χ0n) is 16.4. The van der Waals surface area contributed by atoms with Crippen LogP contribution >= 0.6 is 0 Å². The van der Waals surface area contributed by atoms with Crippen molar-refractivity contribution >= 4 is 0 Å². The Morgan fingerprint density at radius 1 is 0.923 bits per heavy atom. The Balaban J connectivity index is 1.16. The number of nitrogens with zero attached hydrogens (tertiary/aromatic N) is 2. The molecule has 4 nitrogen and oxygen atoms in total. The molecule has 0 radical (unpaired) electrons. The van der Waals surface area contributed by atoms with E-state index in [0.29, 0.717) is 12.1 Å². The maximum Gasteiger partial charge on any atom is 0.0355 e. The molecule has 0 amide bonds. The largest absolute Gasteiger partial charge is 0.303 e. The molecule has 4 rings (SSSR count). The number of nitrogens with one attached hydrogen (secondary N) is 2. The van der Waals surface area contributed by atoms with Gasteiger partial charge in [0.15, 0.2) is 0 Å². The summed E-state index contributed by atoms with van der Waals surface area (Å²) in [6.07, 6.45) is 6.70. The lowest BCUT2D eigenvalue weighted by atomic mass is 9.83. The zero-order valence-corrected chi connectivity index (χ0v) is 16.4. The summed E-state index contributed by atoms with van der Waals surface area (Å²) in [4.78, 5) is 5.40. The smallest absolute Gasteiger partial charge is 0.0355 e. The highest BCUT2D eigenvalue weighted by atomic mass is 15.4. The molecule has 3 saturated heterocycles. The van der Waals surface area contributed by atoms with Gasteiger partial charge in [0.1, 0.15) is 0 Å². The summed E-state index contributed by atoms with van der Waals surface area (Å²) in [7, 11) is 0. The molecule has 0 spiro atoms. The summed E-state index contributed by atoms with van der Waals surface area (Å²) in [6, 6.07) is 12.2. The molecule has 0 aliphatic carbocycles. The van der Waals surface area contributed by atoms with E-state index in [1.807, 2.05) is 0 Å². The predicted molar refractivity (Wildman–Crippen MR) is 108 cm³/mol. The fourth-order valence-electron chi connectivity index (χ4n) is 5.23. The zero-order chi connectivity index (χ0) is 17.8. The minimum atomic E-state index is 0.624. The monoisotopic (exact) mass is 356 g/mol. The van der Waals surface area contributed by atoms with Crippen LogP contribution in [0.1, 0.15) is 38.2 Å². The average molecular weight is 357 g/mol. The van der Waals surface area contributed by atoms with Crippen molar-refractivity contribution in [1.29, 1.82) is 0 Å². The predicted octanol–water partition coefficient (Wildman–Crippen LogP) is 2.52. The topological polar surface area (TPSA) is 30.5 Å². The molecule has 3 unspecified atom stereocenters. The number of rotatable bonds is 6. The van der Waals surface area contributed by atoms with Crippen LogP contribution in [-0.4, -0.2) is 61.2 Å². The SMILES string of the molecule is CC1CC(CN2CCC(C3CCN(CCc4ccccc4)CC3)C2)NN1. The maximum atomic E-state index is 3.46. The molecule has 3 heterocycles. The van der Waals surface area contributed by atoms with E-state index in [-0.39, 0.29) is 0 Å². The number of hydrazine groups is 1.